The molecule has 0 fully saturated rings. The second-order valence-corrected chi connectivity index (χ2v) is 5.34. The maximum absolute atomic E-state index is 12.2. The average Bonchev–Trinajstić information content (AvgIpc) is 2.38. The lowest BCUT2D eigenvalue weighted by Crippen LogP contribution is -2.40. The quantitative estimate of drug-likeness (QED) is 0.819. The van der Waals surface area contributed by atoms with E-state index in [-0.39, 0.29) is 5.91 Å². The third kappa shape index (κ3) is 5.88. The zero-order valence-electron chi connectivity index (χ0n) is 12.6. The third-order valence-electron chi connectivity index (χ3n) is 3.00. The van der Waals surface area contributed by atoms with Crippen LogP contribution in [0.4, 0.5) is 0 Å². The van der Waals surface area contributed by atoms with Gasteiger partial charge in [-0.05, 0) is 18.9 Å². The number of nitrogens with one attached hydrogen (secondary N) is 1. The first-order valence-electron chi connectivity index (χ1n) is 7.09. The SMILES string of the molecule is CCCN(Cc1ccc(C)cc1)C(=O)CNC(C)C. The zero-order chi connectivity index (χ0) is 14.3. The van der Waals surface area contributed by atoms with Crippen LogP contribution in [0.25, 0.3) is 0 Å². The van der Waals surface area contributed by atoms with Crippen molar-refractivity contribution in [3.05, 3.63) is 35.4 Å². The number of carbonyl (C=O) groups excluding carboxylic acids is 1. The Kier molecular flexibility index (Phi) is 6.57. The smallest absolute Gasteiger partial charge is 0.236 e. The van der Waals surface area contributed by atoms with Crippen molar-refractivity contribution < 1.29 is 4.79 Å². The maximum Gasteiger partial charge on any atom is 0.236 e. The van der Waals surface area contributed by atoms with Crippen molar-refractivity contribution in [3.63, 3.8) is 0 Å². The van der Waals surface area contributed by atoms with Crippen LogP contribution in [0.5, 0.6) is 0 Å². The first-order chi connectivity index (χ1) is 9.02. The van der Waals surface area contributed by atoms with Crippen molar-refractivity contribution in [2.24, 2.45) is 0 Å². The molecule has 3 heteroatoms. The molecule has 1 N–H and O–H groups in total. The minimum atomic E-state index is 0.177. The first-order valence-corrected chi connectivity index (χ1v) is 7.09. The number of benzene rings is 1. The second-order valence-electron chi connectivity index (χ2n) is 5.34. The lowest BCUT2D eigenvalue weighted by molar-refractivity contribution is -0.131. The van der Waals surface area contributed by atoms with E-state index in [4.69, 9.17) is 0 Å². The predicted octanol–water partition coefficient (Wildman–Crippen LogP) is 2.73. The van der Waals surface area contributed by atoms with Crippen molar-refractivity contribution >= 4 is 5.91 Å². The Bertz CT molecular complexity index is 384. The van der Waals surface area contributed by atoms with Gasteiger partial charge in [-0.3, -0.25) is 4.79 Å². The lowest BCUT2D eigenvalue weighted by atomic mass is 10.1. The van der Waals surface area contributed by atoms with Crippen molar-refractivity contribution in [1.82, 2.24) is 10.2 Å². The van der Waals surface area contributed by atoms with Gasteiger partial charge in [-0.2, -0.15) is 0 Å². The molecule has 3 nitrogen and oxygen atoms in total. The molecule has 1 amide bonds. The van der Waals surface area contributed by atoms with Crippen LogP contribution in [0, 0.1) is 6.92 Å². The summed E-state index contributed by atoms with van der Waals surface area (Å²) in [6.45, 7) is 10.2. The van der Waals surface area contributed by atoms with Gasteiger partial charge in [0.25, 0.3) is 0 Å². The van der Waals surface area contributed by atoms with Crippen LogP contribution < -0.4 is 5.32 Å². The minimum Gasteiger partial charge on any atom is -0.337 e. The van der Waals surface area contributed by atoms with E-state index in [1.165, 1.54) is 11.1 Å². The van der Waals surface area contributed by atoms with Gasteiger partial charge < -0.3 is 10.2 Å². The Morgan fingerprint density at radius 1 is 1.26 bits per heavy atom. The number of rotatable bonds is 7. The highest BCUT2D eigenvalue weighted by molar-refractivity contribution is 5.78. The molecule has 0 bridgehead atoms. The van der Waals surface area contributed by atoms with Crippen LogP contribution >= 0.6 is 0 Å². The maximum atomic E-state index is 12.2. The normalized spacial score (nSPS) is 10.8. The molecule has 0 heterocycles. The fourth-order valence-electron chi connectivity index (χ4n) is 1.88. The van der Waals surface area contributed by atoms with Gasteiger partial charge in [0.05, 0.1) is 6.54 Å². The van der Waals surface area contributed by atoms with E-state index in [1.54, 1.807) is 0 Å². The molecule has 0 radical (unpaired) electrons. The molecule has 1 rings (SSSR count). The fourth-order valence-corrected chi connectivity index (χ4v) is 1.88. The highest BCUT2D eigenvalue weighted by Crippen LogP contribution is 2.07. The Balaban J connectivity index is 2.61. The summed E-state index contributed by atoms with van der Waals surface area (Å²) in [7, 11) is 0. The van der Waals surface area contributed by atoms with Gasteiger partial charge in [-0.25, -0.2) is 0 Å². The summed E-state index contributed by atoms with van der Waals surface area (Å²) in [6.07, 6.45) is 0.985. The highest BCUT2D eigenvalue weighted by Gasteiger charge is 2.13. The number of hydrogen-bond acceptors (Lipinski definition) is 2. The molecule has 0 aromatic heterocycles. The summed E-state index contributed by atoms with van der Waals surface area (Å²) in [5, 5.41) is 3.19. The molecule has 0 aliphatic rings. The highest BCUT2D eigenvalue weighted by atomic mass is 16.2. The molecular weight excluding hydrogens is 236 g/mol. The minimum absolute atomic E-state index is 0.177. The van der Waals surface area contributed by atoms with Gasteiger partial charge in [-0.1, -0.05) is 50.6 Å². The Hall–Kier alpha value is -1.35. The van der Waals surface area contributed by atoms with Crippen LogP contribution in [-0.4, -0.2) is 29.9 Å². The largest absolute Gasteiger partial charge is 0.337 e. The molecule has 0 atom stereocenters. The summed E-state index contributed by atoms with van der Waals surface area (Å²) in [6, 6.07) is 8.72. The van der Waals surface area contributed by atoms with Crippen LogP contribution in [0.1, 0.15) is 38.3 Å². The van der Waals surface area contributed by atoms with E-state index < -0.39 is 0 Å². The number of nitrogens with zero attached hydrogens (tertiary/aromatic N) is 1. The molecule has 19 heavy (non-hydrogen) atoms. The average molecular weight is 262 g/mol. The van der Waals surface area contributed by atoms with Gasteiger partial charge in [0.15, 0.2) is 0 Å². The van der Waals surface area contributed by atoms with E-state index in [9.17, 15) is 4.79 Å². The summed E-state index contributed by atoms with van der Waals surface area (Å²) in [5.41, 5.74) is 2.44. The number of amides is 1. The number of carbonyl (C=O) groups is 1. The van der Waals surface area contributed by atoms with Crippen LogP contribution in [0.2, 0.25) is 0 Å². The van der Waals surface area contributed by atoms with Crippen LogP contribution in [0.15, 0.2) is 24.3 Å². The standard InChI is InChI=1S/C16H26N2O/c1-5-10-18(16(19)11-17-13(2)3)12-15-8-6-14(4)7-9-15/h6-9,13,17H,5,10-12H2,1-4H3. The van der Waals surface area contributed by atoms with Crippen molar-refractivity contribution in [2.75, 3.05) is 13.1 Å². The molecule has 0 saturated heterocycles. The zero-order valence-corrected chi connectivity index (χ0v) is 12.6. The van der Waals surface area contributed by atoms with E-state index in [0.717, 1.165) is 13.0 Å². The third-order valence-corrected chi connectivity index (χ3v) is 3.00. The van der Waals surface area contributed by atoms with Crippen molar-refractivity contribution in [2.45, 2.75) is 46.7 Å². The van der Waals surface area contributed by atoms with Gasteiger partial charge in [0, 0.05) is 19.1 Å². The molecule has 0 saturated carbocycles. The van der Waals surface area contributed by atoms with Gasteiger partial charge in [-0.15, -0.1) is 0 Å². The molecule has 0 spiro atoms. The molecule has 0 aliphatic heterocycles. The van der Waals surface area contributed by atoms with Gasteiger partial charge >= 0.3 is 0 Å². The summed E-state index contributed by atoms with van der Waals surface area (Å²) < 4.78 is 0. The Labute approximate surface area is 117 Å². The van der Waals surface area contributed by atoms with Gasteiger partial charge in [0.2, 0.25) is 5.91 Å². The first kappa shape index (κ1) is 15.7. The second kappa shape index (κ2) is 7.95. The van der Waals surface area contributed by atoms with E-state index in [0.29, 0.717) is 19.1 Å². The molecule has 1 aromatic carbocycles. The topological polar surface area (TPSA) is 32.3 Å². The monoisotopic (exact) mass is 262 g/mol. The predicted molar refractivity (Wildman–Crippen MR) is 80.0 cm³/mol. The molecule has 0 unspecified atom stereocenters. The Morgan fingerprint density at radius 2 is 1.89 bits per heavy atom. The summed E-state index contributed by atoms with van der Waals surface area (Å²) in [4.78, 5) is 14.1. The van der Waals surface area contributed by atoms with E-state index in [1.807, 2.05) is 4.90 Å². The van der Waals surface area contributed by atoms with Crippen molar-refractivity contribution in [1.29, 1.82) is 0 Å². The Morgan fingerprint density at radius 3 is 2.42 bits per heavy atom. The van der Waals surface area contributed by atoms with Crippen molar-refractivity contribution in [3.8, 4) is 0 Å². The molecule has 1 aromatic rings. The van der Waals surface area contributed by atoms with Gasteiger partial charge in [0.1, 0.15) is 0 Å². The summed E-state index contributed by atoms with van der Waals surface area (Å²) >= 11 is 0. The van der Waals surface area contributed by atoms with Crippen LogP contribution in [-0.2, 0) is 11.3 Å². The lowest BCUT2D eigenvalue weighted by Gasteiger charge is -2.23. The fraction of sp³-hybridized carbons (Fsp3) is 0.562. The van der Waals surface area contributed by atoms with E-state index in [2.05, 4.69) is 57.3 Å². The molecular formula is C16H26N2O. The van der Waals surface area contributed by atoms with Crippen LogP contribution in [0.3, 0.4) is 0 Å². The summed E-state index contributed by atoms with van der Waals surface area (Å²) in [5.74, 6) is 0.177. The van der Waals surface area contributed by atoms with E-state index >= 15 is 0 Å². The number of aryl methyl sites for hydroxylation is 1. The molecule has 0 aliphatic carbocycles. The number of hydrogen-bond donors (Lipinski definition) is 1. The molecule has 106 valence electrons.